The highest BCUT2D eigenvalue weighted by Gasteiger charge is 2.25. The number of carbonyl (C=O) groups is 2. The second kappa shape index (κ2) is 9.84. The zero-order valence-corrected chi connectivity index (χ0v) is 17.4. The van der Waals surface area contributed by atoms with Crippen molar-refractivity contribution in [1.29, 1.82) is 0 Å². The van der Waals surface area contributed by atoms with Crippen molar-refractivity contribution >= 4 is 28.0 Å². The summed E-state index contributed by atoms with van der Waals surface area (Å²) in [6, 6.07) is 6.27. The lowest BCUT2D eigenvalue weighted by atomic mass is 10.2. The van der Waals surface area contributed by atoms with Crippen LogP contribution >= 0.6 is 0 Å². The van der Waals surface area contributed by atoms with Crippen LogP contribution in [0.2, 0.25) is 0 Å². The van der Waals surface area contributed by atoms with Gasteiger partial charge in [0.1, 0.15) is 0 Å². The molecule has 0 aromatic heterocycles. The third kappa shape index (κ3) is 5.42. The van der Waals surface area contributed by atoms with E-state index in [-0.39, 0.29) is 10.8 Å². The van der Waals surface area contributed by atoms with Gasteiger partial charge < -0.3 is 9.64 Å². The first kappa shape index (κ1) is 22.1. The van der Waals surface area contributed by atoms with Crippen molar-refractivity contribution in [3.63, 3.8) is 0 Å². The quantitative estimate of drug-likeness (QED) is 0.487. The Morgan fingerprint density at radius 2 is 1.71 bits per heavy atom. The van der Waals surface area contributed by atoms with E-state index in [2.05, 4.69) is 0 Å². The molecule has 0 aliphatic carbocycles. The number of benzene rings is 1. The monoisotopic (exact) mass is 408 g/mol. The number of hydrogen-bond acceptors (Lipinski definition) is 5. The second-order valence-corrected chi connectivity index (χ2v) is 8.54. The molecule has 0 N–H and O–H groups in total. The zero-order chi connectivity index (χ0) is 20.7. The largest absolute Gasteiger partial charge is 0.449 e. The Balaban J connectivity index is 1.96. The van der Waals surface area contributed by atoms with Crippen LogP contribution in [0.3, 0.4) is 0 Å². The molecule has 1 aromatic rings. The molecule has 154 valence electrons. The number of esters is 1. The molecule has 2 rings (SSSR count). The van der Waals surface area contributed by atoms with Crippen LogP contribution < -0.4 is 0 Å². The molecule has 1 aliphatic rings. The van der Waals surface area contributed by atoms with Crippen LogP contribution in [0.25, 0.3) is 6.08 Å². The van der Waals surface area contributed by atoms with E-state index in [1.807, 2.05) is 0 Å². The molecule has 1 fully saturated rings. The number of likely N-dealkylation sites (tertiary alicyclic amines) is 1. The van der Waals surface area contributed by atoms with Crippen molar-refractivity contribution in [2.24, 2.45) is 0 Å². The maximum Gasteiger partial charge on any atom is 0.331 e. The smallest absolute Gasteiger partial charge is 0.331 e. The Labute approximate surface area is 167 Å². The van der Waals surface area contributed by atoms with Gasteiger partial charge in [-0.25, -0.2) is 13.2 Å². The number of rotatable bonds is 8. The van der Waals surface area contributed by atoms with E-state index in [4.69, 9.17) is 4.74 Å². The standard InChI is InChI=1S/C20H28N2O5S/c1-4-22(5-2)28(25,26)18-11-8-17(9-12-18)10-13-19(23)27-16(3)20(24)21-14-6-7-15-21/h8-13,16H,4-7,14-15H2,1-3H3/b13-10+/t16-/m1/s1. The highest BCUT2D eigenvalue weighted by atomic mass is 32.2. The normalized spacial score (nSPS) is 15.9. The molecule has 28 heavy (non-hydrogen) atoms. The summed E-state index contributed by atoms with van der Waals surface area (Å²) in [7, 11) is -3.51. The molecule has 1 heterocycles. The van der Waals surface area contributed by atoms with Gasteiger partial charge in [-0.2, -0.15) is 4.31 Å². The van der Waals surface area contributed by atoms with Crippen LogP contribution in [0.5, 0.6) is 0 Å². The van der Waals surface area contributed by atoms with Gasteiger partial charge in [0.05, 0.1) is 4.90 Å². The Kier molecular flexibility index (Phi) is 7.77. The van der Waals surface area contributed by atoms with Crippen LogP contribution in [-0.2, 0) is 24.3 Å². The average Bonchev–Trinajstić information content (AvgIpc) is 3.21. The van der Waals surface area contributed by atoms with Gasteiger partial charge in [0, 0.05) is 32.3 Å². The van der Waals surface area contributed by atoms with Crippen LogP contribution in [0.15, 0.2) is 35.2 Å². The predicted octanol–water partition coefficient (Wildman–Crippen LogP) is 2.28. The minimum atomic E-state index is -3.51. The minimum Gasteiger partial charge on any atom is -0.449 e. The van der Waals surface area contributed by atoms with Crippen LogP contribution in [0, 0.1) is 0 Å². The number of carbonyl (C=O) groups excluding carboxylic acids is 2. The molecule has 1 aromatic carbocycles. The average molecular weight is 409 g/mol. The van der Waals surface area contributed by atoms with Crippen molar-refractivity contribution in [3.05, 3.63) is 35.9 Å². The molecule has 0 saturated carbocycles. The van der Waals surface area contributed by atoms with Gasteiger partial charge in [0.15, 0.2) is 6.10 Å². The first-order valence-electron chi connectivity index (χ1n) is 9.57. The lowest BCUT2D eigenvalue weighted by molar-refractivity contribution is -0.154. The van der Waals surface area contributed by atoms with Gasteiger partial charge in [-0.1, -0.05) is 26.0 Å². The van der Waals surface area contributed by atoms with Gasteiger partial charge in [-0.3, -0.25) is 4.79 Å². The van der Waals surface area contributed by atoms with Crippen molar-refractivity contribution < 1.29 is 22.7 Å². The third-order valence-electron chi connectivity index (χ3n) is 4.69. The molecule has 7 nitrogen and oxygen atoms in total. The number of nitrogens with zero attached hydrogens (tertiary/aromatic N) is 2. The third-order valence-corrected chi connectivity index (χ3v) is 6.76. The van der Waals surface area contributed by atoms with Gasteiger partial charge in [-0.05, 0) is 43.5 Å². The fourth-order valence-electron chi connectivity index (χ4n) is 3.09. The fourth-order valence-corrected chi connectivity index (χ4v) is 4.54. The molecular formula is C20H28N2O5S. The van der Waals surface area contributed by atoms with Gasteiger partial charge in [-0.15, -0.1) is 0 Å². The molecule has 1 amide bonds. The lowest BCUT2D eigenvalue weighted by Gasteiger charge is -2.19. The molecule has 1 aliphatic heterocycles. The predicted molar refractivity (Wildman–Crippen MR) is 107 cm³/mol. The van der Waals surface area contributed by atoms with Gasteiger partial charge >= 0.3 is 5.97 Å². The molecule has 1 atom stereocenters. The van der Waals surface area contributed by atoms with Crippen LogP contribution in [0.1, 0.15) is 39.2 Å². The van der Waals surface area contributed by atoms with Crippen LogP contribution in [-0.4, -0.2) is 61.8 Å². The minimum absolute atomic E-state index is 0.176. The van der Waals surface area contributed by atoms with Crippen molar-refractivity contribution in [1.82, 2.24) is 9.21 Å². The van der Waals surface area contributed by atoms with E-state index >= 15 is 0 Å². The number of ether oxygens (including phenoxy) is 1. The molecular weight excluding hydrogens is 380 g/mol. The number of sulfonamides is 1. The summed E-state index contributed by atoms with van der Waals surface area (Å²) in [5.74, 6) is -0.787. The summed E-state index contributed by atoms with van der Waals surface area (Å²) in [5.41, 5.74) is 0.661. The van der Waals surface area contributed by atoms with Crippen LogP contribution in [0.4, 0.5) is 0 Å². The summed E-state index contributed by atoms with van der Waals surface area (Å²) in [4.78, 5) is 26.0. The molecule has 0 unspecified atom stereocenters. The first-order valence-corrected chi connectivity index (χ1v) is 11.0. The van der Waals surface area contributed by atoms with Gasteiger partial charge in [0.25, 0.3) is 5.91 Å². The van der Waals surface area contributed by atoms with E-state index in [0.29, 0.717) is 31.7 Å². The summed E-state index contributed by atoms with van der Waals surface area (Å²) in [5, 5.41) is 0. The maximum atomic E-state index is 12.5. The molecule has 0 radical (unpaired) electrons. The fraction of sp³-hybridized carbons (Fsp3) is 0.500. The van der Waals surface area contributed by atoms with Crippen molar-refractivity contribution in [2.45, 2.75) is 44.6 Å². The number of amides is 1. The highest BCUT2D eigenvalue weighted by molar-refractivity contribution is 7.89. The second-order valence-electron chi connectivity index (χ2n) is 6.60. The molecule has 0 spiro atoms. The summed E-state index contributed by atoms with van der Waals surface area (Å²) in [6.45, 7) is 7.37. The van der Waals surface area contributed by atoms with E-state index in [1.54, 1.807) is 37.8 Å². The first-order chi connectivity index (χ1) is 13.3. The SMILES string of the molecule is CCN(CC)S(=O)(=O)c1ccc(/C=C/C(=O)O[C@H](C)C(=O)N2CCCC2)cc1. The lowest BCUT2D eigenvalue weighted by Crippen LogP contribution is -2.37. The Morgan fingerprint density at radius 3 is 2.25 bits per heavy atom. The molecule has 1 saturated heterocycles. The Hall–Kier alpha value is -2.19. The Bertz CT molecular complexity index is 808. The zero-order valence-electron chi connectivity index (χ0n) is 16.6. The van der Waals surface area contributed by atoms with Crippen molar-refractivity contribution in [2.75, 3.05) is 26.2 Å². The molecule has 8 heteroatoms. The van der Waals surface area contributed by atoms with Crippen molar-refractivity contribution in [3.8, 4) is 0 Å². The maximum absolute atomic E-state index is 12.5. The summed E-state index contributed by atoms with van der Waals surface area (Å²) < 4.78 is 31.5. The van der Waals surface area contributed by atoms with E-state index in [9.17, 15) is 18.0 Å². The number of hydrogen-bond donors (Lipinski definition) is 0. The molecule has 0 bridgehead atoms. The topological polar surface area (TPSA) is 84.0 Å². The summed E-state index contributed by atoms with van der Waals surface area (Å²) >= 11 is 0. The van der Waals surface area contributed by atoms with Gasteiger partial charge in [0.2, 0.25) is 10.0 Å². The Morgan fingerprint density at radius 1 is 1.14 bits per heavy atom. The van der Waals surface area contributed by atoms with E-state index in [0.717, 1.165) is 12.8 Å². The highest BCUT2D eigenvalue weighted by Crippen LogP contribution is 2.17. The van der Waals surface area contributed by atoms with E-state index in [1.165, 1.54) is 28.6 Å². The summed E-state index contributed by atoms with van der Waals surface area (Å²) in [6.07, 6.45) is 3.90. The van der Waals surface area contributed by atoms with E-state index < -0.39 is 22.1 Å².